The summed E-state index contributed by atoms with van der Waals surface area (Å²) in [4.78, 5) is 0. The Bertz CT molecular complexity index is 28.0. The van der Waals surface area contributed by atoms with Gasteiger partial charge in [0.15, 0.2) is 0 Å². The van der Waals surface area contributed by atoms with E-state index in [1.807, 2.05) is 0 Å². The third-order valence-corrected chi connectivity index (χ3v) is 1.21. The van der Waals surface area contributed by atoms with E-state index in [9.17, 15) is 0 Å². The van der Waals surface area contributed by atoms with E-state index in [-0.39, 0.29) is 50.9 Å². The lowest BCUT2D eigenvalue weighted by atomic mass is 10.2. The van der Waals surface area contributed by atoms with Crippen LogP contribution in [0.25, 0.3) is 0 Å². The molecule has 0 aliphatic carbocycles. The molecule has 0 rings (SSSR count). The van der Waals surface area contributed by atoms with Crippen LogP contribution in [0.2, 0.25) is 0 Å². The van der Waals surface area contributed by atoms with Gasteiger partial charge >= 0.3 is 0 Å². The molecule has 0 fully saturated rings. The van der Waals surface area contributed by atoms with Crippen molar-refractivity contribution in [3.8, 4) is 0 Å². The van der Waals surface area contributed by atoms with Gasteiger partial charge in [-0.25, -0.2) is 0 Å². The van der Waals surface area contributed by atoms with E-state index >= 15 is 0 Å². The van der Waals surface area contributed by atoms with E-state index in [4.69, 9.17) is 0 Å². The van der Waals surface area contributed by atoms with E-state index in [0.29, 0.717) is 0 Å². The highest BCUT2D eigenvalue weighted by atomic mass is 79.9. The summed E-state index contributed by atoms with van der Waals surface area (Å²) in [6, 6.07) is 0. The van der Waals surface area contributed by atoms with Crippen LogP contribution in [-0.2, 0) is 0 Å². The van der Waals surface area contributed by atoms with Crippen molar-refractivity contribution in [2.45, 2.75) is 46.0 Å². The molecule has 0 saturated heterocycles. The molecule has 10 heavy (non-hydrogen) atoms. The molecular formula is C7H19Br3. The normalized spacial score (nSPS) is 6.60. The van der Waals surface area contributed by atoms with E-state index < -0.39 is 0 Å². The molecular weight excluding hydrogens is 324 g/mol. The van der Waals surface area contributed by atoms with E-state index in [0.717, 1.165) is 0 Å². The van der Waals surface area contributed by atoms with Gasteiger partial charge in [-0.05, 0) is 0 Å². The molecule has 0 saturated carbocycles. The van der Waals surface area contributed by atoms with Gasteiger partial charge in [-0.3, -0.25) is 0 Å². The molecule has 0 unspecified atom stereocenters. The molecule has 0 aromatic carbocycles. The van der Waals surface area contributed by atoms with Gasteiger partial charge < -0.3 is 0 Å². The summed E-state index contributed by atoms with van der Waals surface area (Å²) in [6.45, 7) is 4.49. The van der Waals surface area contributed by atoms with Gasteiger partial charge in [0.1, 0.15) is 0 Å². The SMILES string of the molecule is Br.Br.Br.CCCCCCC. The van der Waals surface area contributed by atoms with Crippen LogP contribution in [0.5, 0.6) is 0 Å². The zero-order valence-electron chi connectivity index (χ0n) is 6.76. The molecule has 3 heteroatoms. The Morgan fingerprint density at radius 1 is 0.600 bits per heavy atom. The molecule has 0 bridgehead atoms. The Hall–Kier alpha value is 1.44. The van der Waals surface area contributed by atoms with Crippen LogP contribution in [0.15, 0.2) is 0 Å². The molecule has 0 atom stereocenters. The minimum absolute atomic E-state index is 0. The molecule has 0 heterocycles. The molecule has 0 aromatic heterocycles. The summed E-state index contributed by atoms with van der Waals surface area (Å²) in [7, 11) is 0. The fourth-order valence-electron chi connectivity index (χ4n) is 0.677. The molecule has 0 aliphatic heterocycles. The highest BCUT2D eigenvalue weighted by Crippen LogP contribution is 2.00. The van der Waals surface area contributed by atoms with Crippen molar-refractivity contribution in [2.75, 3.05) is 0 Å². The summed E-state index contributed by atoms with van der Waals surface area (Å²) in [6.07, 6.45) is 7.01. The monoisotopic (exact) mass is 340 g/mol. The van der Waals surface area contributed by atoms with E-state index in [1.54, 1.807) is 0 Å². The van der Waals surface area contributed by atoms with E-state index in [2.05, 4.69) is 13.8 Å². The minimum Gasteiger partial charge on any atom is -0.114 e. The minimum atomic E-state index is 0. The first kappa shape index (κ1) is 22.5. The van der Waals surface area contributed by atoms with Crippen molar-refractivity contribution in [1.82, 2.24) is 0 Å². The second-order valence-corrected chi connectivity index (χ2v) is 2.06. The number of rotatable bonds is 4. The lowest BCUT2D eigenvalue weighted by Crippen LogP contribution is -1.70. The first-order valence-electron chi connectivity index (χ1n) is 3.41. The van der Waals surface area contributed by atoms with Crippen LogP contribution in [0.4, 0.5) is 0 Å². The number of hydrogen-bond donors (Lipinski definition) is 0. The number of unbranched alkanes of at least 4 members (excludes halogenated alkanes) is 4. The van der Waals surface area contributed by atoms with Gasteiger partial charge in [-0.1, -0.05) is 46.0 Å². The smallest absolute Gasteiger partial charge is 0.0533 e. The Kier molecular flexibility index (Phi) is 50.5. The molecule has 0 aliphatic rings. The first-order chi connectivity index (χ1) is 3.41. The van der Waals surface area contributed by atoms with Gasteiger partial charge in [0, 0.05) is 0 Å². The van der Waals surface area contributed by atoms with Gasteiger partial charge in [0.25, 0.3) is 0 Å². The Labute approximate surface area is 96.5 Å². The lowest BCUT2D eigenvalue weighted by molar-refractivity contribution is 0.656. The maximum atomic E-state index is 2.25. The predicted molar refractivity (Wildman–Crippen MR) is 65.4 cm³/mol. The maximum absolute atomic E-state index is 2.25. The summed E-state index contributed by atoms with van der Waals surface area (Å²) < 4.78 is 0. The van der Waals surface area contributed by atoms with Crippen molar-refractivity contribution in [1.29, 1.82) is 0 Å². The first-order valence-corrected chi connectivity index (χ1v) is 3.41. The summed E-state index contributed by atoms with van der Waals surface area (Å²) in [5.41, 5.74) is 0. The summed E-state index contributed by atoms with van der Waals surface area (Å²) in [5.74, 6) is 0. The third kappa shape index (κ3) is 22.7. The molecule has 0 spiro atoms. The van der Waals surface area contributed by atoms with Crippen molar-refractivity contribution in [2.24, 2.45) is 0 Å². The second-order valence-electron chi connectivity index (χ2n) is 2.06. The van der Waals surface area contributed by atoms with Crippen LogP contribution in [0, 0.1) is 0 Å². The third-order valence-electron chi connectivity index (χ3n) is 1.21. The van der Waals surface area contributed by atoms with Crippen molar-refractivity contribution in [3.05, 3.63) is 0 Å². The quantitative estimate of drug-likeness (QED) is 0.649. The Morgan fingerprint density at radius 2 is 0.900 bits per heavy atom. The molecule has 0 amide bonds. The zero-order chi connectivity index (χ0) is 5.54. The molecule has 68 valence electrons. The topological polar surface area (TPSA) is 0 Å². The standard InChI is InChI=1S/C7H16.3BrH/c1-3-5-7-6-4-2;;;/h3-7H2,1-2H3;3*1H. The Balaban J connectivity index is -0.0000000600. The Morgan fingerprint density at radius 3 is 1.10 bits per heavy atom. The van der Waals surface area contributed by atoms with Crippen LogP contribution < -0.4 is 0 Å². The van der Waals surface area contributed by atoms with Crippen LogP contribution >= 0.6 is 50.9 Å². The fraction of sp³-hybridized carbons (Fsp3) is 1.00. The van der Waals surface area contributed by atoms with Crippen LogP contribution in [0.3, 0.4) is 0 Å². The van der Waals surface area contributed by atoms with E-state index in [1.165, 1.54) is 32.1 Å². The number of halogens is 3. The summed E-state index contributed by atoms with van der Waals surface area (Å²) in [5, 5.41) is 0. The average Bonchev–Trinajstić information content (AvgIpc) is 1.69. The number of hydrogen-bond acceptors (Lipinski definition) is 0. The molecule has 0 N–H and O–H groups in total. The van der Waals surface area contributed by atoms with Crippen LogP contribution in [0.1, 0.15) is 46.0 Å². The van der Waals surface area contributed by atoms with Crippen molar-refractivity contribution >= 4 is 50.9 Å². The largest absolute Gasteiger partial charge is 0.114 e. The molecule has 0 aromatic rings. The summed E-state index contributed by atoms with van der Waals surface area (Å²) >= 11 is 0. The second kappa shape index (κ2) is 22.4. The van der Waals surface area contributed by atoms with Crippen molar-refractivity contribution in [3.63, 3.8) is 0 Å². The predicted octanol–water partition coefficient (Wildman–Crippen LogP) is 4.71. The van der Waals surface area contributed by atoms with Crippen molar-refractivity contribution < 1.29 is 0 Å². The molecule has 0 nitrogen and oxygen atoms in total. The van der Waals surface area contributed by atoms with Crippen LogP contribution in [-0.4, -0.2) is 0 Å². The average molecular weight is 343 g/mol. The molecule has 0 radical (unpaired) electrons. The van der Waals surface area contributed by atoms with Gasteiger partial charge in [-0.15, -0.1) is 50.9 Å². The lowest BCUT2D eigenvalue weighted by Gasteiger charge is -1.90. The zero-order valence-corrected chi connectivity index (χ0v) is 11.9. The maximum Gasteiger partial charge on any atom is -0.0533 e. The van der Waals surface area contributed by atoms with Gasteiger partial charge in [0.2, 0.25) is 0 Å². The van der Waals surface area contributed by atoms with Gasteiger partial charge in [0.05, 0.1) is 0 Å². The highest BCUT2D eigenvalue weighted by molar-refractivity contribution is 8.93. The fourth-order valence-corrected chi connectivity index (χ4v) is 0.677. The highest BCUT2D eigenvalue weighted by Gasteiger charge is 1.80. The van der Waals surface area contributed by atoms with Gasteiger partial charge in [-0.2, -0.15) is 0 Å².